The van der Waals surface area contributed by atoms with Crippen molar-refractivity contribution in [1.82, 2.24) is 15.1 Å². The van der Waals surface area contributed by atoms with Gasteiger partial charge in [0, 0.05) is 17.7 Å². The van der Waals surface area contributed by atoms with E-state index in [-0.39, 0.29) is 11.9 Å². The van der Waals surface area contributed by atoms with E-state index in [4.69, 9.17) is 9.47 Å². The minimum atomic E-state index is -0.322. The minimum Gasteiger partial charge on any atom is -0.490 e. The van der Waals surface area contributed by atoms with Crippen molar-refractivity contribution in [3.05, 3.63) is 100 Å². The molecule has 0 fully saturated rings. The summed E-state index contributed by atoms with van der Waals surface area (Å²) in [6.45, 7) is 9.89. The lowest BCUT2D eigenvalue weighted by Crippen LogP contribution is -2.29. The van der Waals surface area contributed by atoms with E-state index in [1.165, 1.54) is 11.1 Å². The van der Waals surface area contributed by atoms with Crippen LogP contribution in [0.4, 0.5) is 0 Å². The second kappa shape index (κ2) is 11.1. The van der Waals surface area contributed by atoms with Crippen LogP contribution >= 0.6 is 0 Å². The predicted molar refractivity (Wildman–Crippen MR) is 150 cm³/mol. The molecule has 1 amide bonds. The summed E-state index contributed by atoms with van der Waals surface area (Å²) in [6.07, 6.45) is 2.04. The summed E-state index contributed by atoms with van der Waals surface area (Å²) in [5.74, 6) is 1.36. The van der Waals surface area contributed by atoms with Crippen LogP contribution < -0.4 is 9.47 Å². The SMILES string of the molecule is CCCCOc1ccc(C2c3c(-c4ccc(C)cc4)n[nH]c3C(=O)N2Cc2ccc(C)cc2)cc1OCC. The highest BCUT2D eigenvalue weighted by atomic mass is 16.5. The van der Waals surface area contributed by atoms with E-state index in [0.717, 1.165) is 46.5 Å². The minimum absolute atomic E-state index is 0.0577. The molecule has 0 radical (unpaired) electrons. The number of carbonyl (C=O) groups excluding carboxylic acids is 1. The maximum atomic E-state index is 13.8. The third-order valence-corrected chi connectivity index (χ3v) is 7.00. The molecule has 3 aromatic carbocycles. The molecule has 1 aromatic heterocycles. The van der Waals surface area contributed by atoms with E-state index in [0.29, 0.717) is 31.2 Å². The smallest absolute Gasteiger partial charge is 0.273 e. The Kier molecular flexibility index (Phi) is 7.50. The predicted octanol–water partition coefficient (Wildman–Crippen LogP) is 7.02. The largest absolute Gasteiger partial charge is 0.490 e. The van der Waals surface area contributed by atoms with E-state index >= 15 is 0 Å². The Morgan fingerprint density at radius 2 is 1.61 bits per heavy atom. The number of fused-ring (bicyclic) bond motifs is 1. The van der Waals surface area contributed by atoms with Crippen molar-refractivity contribution >= 4 is 5.91 Å². The van der Waals surface area contributed by atoms with Crippen molar-refractivity contribution in [2.24, 2.45) is 0 Å². The molecular weight excluding hydrogens is 474 g/mol. The molecule has 1 N–H and O–H groups in total. The second-order valence-corrected chi connectivity index (χ2v) is 9.89. The van der Waals surface area contributed by atoms with Gasteiger partial charge in [0.1, 0.15) is 5.69 Å². The number of nitrogens with zero attached hydrogens (tertiary/aromatic N) is 2. The second-order valence-electron chi connectivity index (χ2n) is 9.89. The molecule has 1 aliphatic rings. The van der Waals surface area contributed by atoms with E-state index in [2.05, 4.69) is 79.5 Å². The third kappa shape index (κ3) is 5.03. The van der Waals surface area contributed by atoms with Crippen molar-refractivity contribution in [2.45, 2.75) is 53.1 Å². The Labute approximate surface area is 224 Å². The molecule has 196 valence electrons. The first-order valence-corrected chi connectivity index (χ1v) is 13.4. The fraction of sp³-hybridized carbons (Fsp3) is 0.312. The summed E-state index contributed by atoms with van der Waals surface area (Å²) in [5, 5.41) is 7.68. The van der Waals surface area contributed by atoms with Crippen molar-refractivity contribution in [3.63, 3.8) is 0 Å². The van der Waals surface area contributed by atoms with Crippen molar-refractivity contribution < 1.29 is 14.3 Å². The molecule has 6 nitrogen and oxygen atoms in total. The molecule has 0 saturated heterocycles. The van der Waals surface area contributed by atoms with Gasteiger partial charge in [-0.15, -0.1) is 0 Å². The van der Waals surface area contributed by atoms with Crippen LogP contribution in [0.3, 0.4) is 0 Å². The van der Waals surface area contributed by atoms with Crippen LogP contribution in [0.1, 0.15) is 71.0 Å². The quantitative estimate of drug-likeness (QED) is 0.233. The number of aromatic nitrogens is 2. The van der Waals surface area contributed by atoms with Crippen LogP contribution in [-0.2, 0) is 6.54 Å². The molecule has 1 atom stereocenters. The topological polar surface area (TPSA) is 67.5 Å². The first-order valence-electron chi connectivity index (χ1n) is 13.4. The molecule has 0 aliphatic carbocycles. The number of H-pyrrole nitrogens is 1. The van der Waals surface area contributed by atoms with Gasteiger partial charge in [-0.25, -0.2) is 0 Å². The van der Waals surface area contributed by atoms with Gasteiger partial charge >= 0.3 is 0 Å². The maximum Gasteiger partial charge on any atom is 0.273 e. The lowest BCUT2D eigenvalue weighted by molar-refractivity contribution is 0.0729. The average molecular weight is 510 g/mol. The number of aryl methyl sites for hydroxylation is 2. The molecular formula is C32H35N3O3. The first-order chi connectivity index (χ1) is 18.5. The summed E-state index contributed by atoms with van der Waals surface area (Å²) in [6, 6.07) is 22.3. The van der Waals surface area contributed by atoms with Gasteiger partial charge in [0.15, 0.2) is 11.5 Å². The highest BCUT2D eigenvalue weighted by Crippen LogP contribution is 2.45. The number of aromatic amines is 1. The molecule has 38 heavy (non-hydrogen) atoms. The van der Waals surface area contributed by atoms with E-state index in [1.807, 2.05) is 30.0 Å². The highest BCUT2D eigenvalue weighted by molar-refractivity contribution is 6.00. The lowest BCUT2D eigenvalue weighted by Gasteiger charge is -2.27. The molecule has 4 aromatic rings. The van der Waals surface area contributed by atoms with Gasteiger partial charge in [0.25, 0.3) is 5.91 Å². The van der Waals surface area contributed by atoms with Gasteiger partial charge in [0.05, 0.1) is 24.9 Å². The number of nitrogens with one attached hydrogen (secondary N) is 1. The maximum absolute atomic E-state index is 13.8. The number of amides is 1. The number of hydrogen-bond donors (Lipinski definition) is 1. The van der Waals surface area contributed by atoms with Gasteiger partial charge < -0.3 is 14.4 Å². The molecule has 6 heteroatoms. The number of carbonyl (C=O) groups is 1. The van der Waals surface area contributed by atoms with E-state index in [1.54, 1.807) is 0 Å². The zero-order chi connectivity index (χ0) is 26.6. The lowest BCUT2D eigenvalue weighted by atomic mass is 9.95. The number of unbranched alkanes of at least 4 members (excludes halogenated alkanes) is 1. The Morgan fingerprint density at radius 1 is 0.895 bits per heavy atom. The number of ether oxygens (including phenoxy) is 2. The Bertz CT molecular complexity index is 1410. The monoisotopic (exact) mass is 509 g/mol. The standard InChI is InChI=1S/C32H35N3O3/c1-5-7-18-38-26-17-16-25(19-27(26)37-6-2)31-28-29(24-14-10-22(4)11-15-24)33-34-30(28)32(36)35(31)20-23-12-8-21(3)9-13-23/h8-17,19,31H,5-7,18,20H2,1-4H3,(H,33,34). The Morgan fingerprint density at radius 3 is 2.29 bits per heavy atom. The van der Waals surface area contributed by atoms with Crippen LogP contribution in [0, 0.1) is 13.8 Å². The number of hydrogen-bond acceptors (Lipinski definition) is 4. The number of rotatable bonds is 10. The highest BCUT2D eigenvalue weighted by Gasteiger charge is 2.42. The number of benzene rings is 3. The van der Waals surface area contributed by atoms with Crippen molar-refractivity contribution in [1.29, 1.82) is 0 Å². The molecule has 1 unspecified atom stereocenters. The van der Waals surface area contributed by atoms with E-state index in [9.17, 15) is 4.79 Å². The molecule has 1 aliphatic heterocycles. The Hall–Kier alpha value is -4.06. The zero-order valence-electron chi connectivity index (χ0n) is 22.6. The summed E-state index contributed by atoms with van der Waals surface area (Å²) >= 11 is 0. The molecule has 5 rings (SSSR count). The fourth-order valence-corrected chi connectivity index (χ4v) is 4.94. The summed E-state index contributed by atoms with van der Waals surface area (Å²) in [5.41, 5.74) is 7.62. The van der Waals surface area contributed by atoms with Crippen LogP contribution in [-0.4, -0.2) is 34.2 Å². The fourth-order valence-electron chi connectivity index (χ4n) is 4.94. The van der Waals surface area contributed by atoms with Gasteiger partial charge in [-0.2, -0.15) is 5.10 Å². The summed E-state index contributed by atoms with van der Waals surface area (Å²) < 4.78 is 12.0. The van der Waals surface area contributed by atoms with Crippen LogP contribution in [0.25, 0.3) is 11.3 Å². The zero-order valence-corrected chi connectivity index (χ0v) is 22.6. The molecule has 2 heterocycles. The average Bonchev–Trinajstić information content (AvgIpc) is 3.46. The van der Waals surface area contributed by atoms with Crippen LogP contribution in [0.5, 0.6) is 11.5 Å². The first kappa shape index (κ1) is 25.6. The van der Waals surface area contributed by atoms with Gasteiger partial charge in [0.2, 0.25) is 0 Å². The normalized spacial score (nSPS) is 14.6. The van der Waals surface area contributed by atoms with Gasteiger partial charge in [-0.3, -0.25) is 9.89 Å². The molecule has 0 spiro atoms. The van der Waals surface area contributed by atoms with Crippen molar-refractivity contribution in [3.8, 4) is 22.8 Å². The van der Waals surface area contributed by atoms with Crippen LogP contribution in [0.2, 0.25) is 0 Å². The van der Waals surface area contributed by atoms with Gasteiger partial charge in [-0.1, -0.05) is 79.1 Å². The van der Waals surface area contributed by atoms with E-state index < -0.39 is 0 Å². The Balaban J connectivity index is 1.60. The summed E-state index contributed by atoms with van der Waals surface area (Å²) in [4.78, 5) is 15.7. The molecule has 0 saturated carbocycles. The summed E-state index contributed by atoms with van der Waals surface area (Å²) in [7, 11) is 0. The van der Waals surface area contributed by atoms with Crippen LogP contribution in [0.15, 0.2) is 66.7 Å². The third-order valence-electron chi connectivity index (χ3n) is 7.00. The van der Waals surface area contributed by atoms with Gasteiger partial charge in [-0.05, 0) is 50.5 Å². The van der Waals surface area contributed by atoms with Crippen molar-refractivity contribution in [2.75, 3.05) is 13.2 Å². The molecule has 0 bridgehead atoms.